The van der Waals surface area contributed by atoms with Crippen LogP contribution in [0.5, 0.6) is 0 Å². The lowest BCUT2D eigenvalue weighted by molar-refractivity contribution is 0.596. The predicted octanol–water partition coefficient (Wildman–Crippen LogP) is 7.41. The predicted molar refractivity (Wildman–Crippen MR) is 107 cm³/mol. The lowest BCUT2D eigenvalue weighted by Gasteiger charge is -2.06. The topological polar surface area (TPSA) is 31.0 Å². The van der Waals surface area contributed by atoms with Crippen molar-refractivity contribution in [1.82, 2.24) is 9.55 Å². The number of nitrogens with zero attached hydrogens (tertiary/aromatic N) is 2. The third-order valence-electron chi connectivity index (χ3n) is 3.87. The minimum absolute atomic E-state index is 0.488. The van der Waals surface area contributed by atoms with E-state index in [2.05, 4.69) is 4.98 Å². The van der Waals surface area contributed by atoms with Crippen molar-refractivity contribution in [3.05, 3.63) is 81.3 Å². The Labute approximate surface area is 169 Å². The molecular formula is C19H10Cl4N2O. The molecule has 0 fully saturated rings. The Kier molecular flexibility index (Phi) is 4.72. The van der Waals surface area contributed by atoms with Crippen LogP contribution < -0.4 is 0 Å². The maximum Gasteiger partial charge on any atom is 0.160 e. The van der Waals surface area contributed by atoms with Gasteiger partial charge < -0.3 is 8.98 Å². The smallest absolute Gasteiger partial charge is 0.160 e. The molecule has 0 aliphatic heterocycles. The number of hydrogen-bond donors (Lipinski definition) is 0. The third kappa shape index (κ3) is 3.24. The molecular weight excluding hydrogens is 414 g/mol. The number of halogens is 4. The first-order valence-electron chi connectivity index (χ1n) is 7.56. The Balaban J connectivity index is 1.94. The second-order valence-corrected chi connectivity index (χ2v) is 7.23. The zero-order valence-electron chi connectivity index (χ0n) is 13.1. The van der Waals surface area contributed by atoms with Crippen LogP contribution in [0.25, 0.3) is 28.3 Å². The Morgan fingerprint density at radius 2 is 1.46 bits per heavy atom. The fraction of sp³-hybridized carbons (Fsp3) is 0. The highest BCUT2D eigenvalue weighted by Gasteiger charge is 2.19. The highest BCUT2D eigenvalue weighted by molar-refractivity contribution is 6.37. The van der Waals surface area contributed by atoms with Crippen molar-refractivity contribution in [3.8, 4) is 28.3 Å². The molecule has 0 bridgehead atoms. The van der Waals surface area contributed by atoms with Crippen molar-refractivity contribution in [2.75, 3.05) is 0 Å². The molecule has 2 heterocycles. The van der Waals surface area contributed by atoms with E-state index in [4.69, 9.17) is 50.8 Å². The summed E-state index contributed by atoms with van der Waals surface area (Å²) in [6.45, 7) is 0. The Hall–Kier alpha value is -1.91. The first kappa shape index (κ1) is 17.5. The van der Waals surface area contributed by atoms with Crippen molar-refractivity contribution >= 4 is 46.4 Å². The third-order valence-corrected chi connectivity index (χ3v) is 4.96. The van der Waals surface area contributed by atoms with Crippen LogP contribution in [0, 0.1) is 0 Å². The first-order chi connectivity index (χ1) is 12.5. The highest BCUT2D eigenvalue weighted by atomic mass is 35.5. The molecule has 0 unspecified atom stereocenters. The molecule has 4 aromatic rings. The second kappa shape index (κ2) is 7.01. The molecule has 0 aliphatic carbocycles. The monoisotopic (exact) mass is 422 g/mol. The normalized spacial score (nSPS) is 11.1. The van der Waals surface area contributed by atoms with Crippen LogP contribution in [0.3, 0.4) is 0 Å². The van der Waals surface area contributed by atoms with Gasteiger partial charge >= 0.3 is 0 Å². The van der Waals surface area contributed by atoms with Gasteiger partial charge in [0.1, 0.15) is 5.76 Å². The number of rotatable bonds is 3. The van der Waals surface area contributed by atoms with Crippen LogP contribution in [0.4, 0.5) is 0 Å². The Bertz CT molecular complexity index is 1090. The summed E-state index contributed by atoms with van der Waals surface area (Å²) in [5.41, 5.74) is 2.23. The summed E-state index contributed by atoms with van der Waals surface area (Å²) in [6.07, 6.45) is 5.20. The second-order valence-electron chi connectivity index (χ2n) is 5.54. The van der Waals surface area contributed by atoms with Crippen molar-refractivity contribution < 1.29 is 4.42 Å². The Morgan fingerprint density at radius 1 is 0.808 bits per heavy atom. The minimum atomic E-state index is 0.488. The minimum Gasteiger partial charge on any atom is -0.454 e. The van der Waals surface area contributed by atoms with Crippen molar-refractivity contribution in [3.63, 3.8) is 0 Å². The molecule has 0 saturated carbocycles. The molecule has 4 rings (SSSR count). The van der Waals surface area contributed by atoms with E-state index in [0.29, 0.717) is 31.6 Å². The lowest BCUT2D eigenvalue weighted by Crippen LogP contribution is -1.90. The standard InChI is InChI=1S/C19H10Cl4N2O/c20-11-1-3-13(15(22)7-11)18-9-17(25-6-5-24-10-25)19(26-18)14-4-2-12(21)8-16(14)23/h1-10H. The molecule has 0 radical (unpaired) electrons. The summed E-state index contributed by atoms with van der Waals surface area (Å²) in [4.78, 5) is 4.10. The molecule has 3 nitrogen and oxygen atoms in total. The summed E-state index contributed by atoms with van der Waals surface area (Å²) in [7, 11) is 0. The van der Waals surface area contributed by atoms with Gasteiger partial charge in [0.05, 0.1) is 22.1 Å². The average molecular weight is 424 g/mol. The number of aromatic nitrogens is 2. The average Bonchev–Trinajstić information content (AvgIpc) is 3.24. The van der Waals surface area contributed by atoms with Gasteiger partial charge in [-0.2, -0.15) is 0 Å². The maximum atomic E-state index is 6.39. The lowest BCUT2D eigenvalue weighted by atomic mass is 10.1. The molecule has 0 spiro atoms. The van der Waals surface area contributed by atoms with E-state index < -0.39 is 0 Å². The quantitative estimate of drug-likeness (QED) is 0.343. The molecule has 130 valence electrons. The number of benzene rings is 2. The van der Waals surface area contributed by atoms with Gasteiger partial charge in [-0.05, 0) is 36.4 Å². The maximum absolute atomic E-state index is 6.39. The van der Waals surface area contributed by atoms with Gasteiger partial charge in [0.2, 0.25) is 0 Å². The fourth-order valence-corrected chi connectivity index (χ4v) is 3.66. The van der Waals surface area contributed by atoms with Gasteiger partial charge in [0.25, 0.3) is 0 Å². The first-order valence-corrected chi connectivity index (χ1v) is 9.07. The summed E-state index contributed by atoms with van der Waals surface area (Å²) in [5, 5.41) is 2.09. The van der Waals surface area contributed by atoms with Gasteiger partial charge in [-0.1, -0.05) is 46.4 Å². The molecule has 7 heteroatoms. The van der Waals surface area contributed by atoms with E-state index in [1.807, 2.05) is 29.0 Å². The molecule has 0 aliphatic rings. The number of furan rings is 1. The van der Waals surface area contributed by atoms with E-state index in [-0.39, 0.29) is 0 Å². The fourth-order valence-electron chi connectivity index (χ4n) is 2.66. The SMILES string of the molecule is Clc1ccc(-c2cc(-n3ccnc3)c(-c3ccc(Cl)cc3Cl)o2)c(Cl)c1. The highest BCUT2D eigenvalue weighted by Crippen LogP contribution is 2.41. The van der Waals surface area contributed by atoms with E-state index in [0.717, 1.165) is 16.8 Å². The van der Waals surface area contributed by atoms with Crippen LogP contribution in [-0.2, 0) is 0 Å². The Morgan fingerprint density at radius 3 is 2.04 bits per heavy atom. The summed E-state index contributed by atoms with van der Waals surface area (Å²) in [6, 6.07) is 12.4. The zero-order chi connectivity index (χ0) is 18.3. The molecule has 0 N–H and O–H groups in total. The van der Waals surface area contributed by atoms with E-state index in [9.17, 15) is 0 Å². The van der Waals surface area contributed by atoms with Crippen LogP contribution in [0.2, 0.25) is 20.1 Å². The van der Waals surface area contributed by atoms with Gasteiger partial charge in [-0.3, -0.25) is 0 Å². The van der Waals surface area contributed by atoms with E-state index >= 15 is 0 Å². The van der Waals surface area contributed by atoms with Gasteiger partial charge in [0, 0.05) is 39.6 Å². The summed E-state index contributed by atoms with van der Waals surface area (Å²) in [5.74, 6) is 1.18. The van der Waals surface area contributed by atoms with Crippen LogP contribution >= 0.6 is 46.4 Å². The van der Waals surface area contributed by atoms with E-state index in [1.165, 1.54) is 0 Å². The molecule has 2 aromatic carbocycles. The largest absolute Gasteiger partial charge is 0.454 e. The molecule has 0 saturated heterocycles. The van der Waals surface area contributed by atoms with Gasteiger partial charge in [-0.15, -0.1) is 0 Å². The molecule has 0 atom stereocenters. The zero-order valence-corrected chi connectivity index (χ0v) is 16.1. The summed E-state index contributed by atoms with van der Waals surface area (Å²) >= 11 is 24.7. The number of hydrogen-bond acceptors (Lipinski definition) is 2. The van der Waals surface area contributed by atoms with Crippen LogP contribution in [-0.4, -0.2) is 9.55 Å². The van der Waals surface area contributed by atoms with Crippen molar-refractivity contribution in [1.29, 1.82) is 0 Å². The van der Waals surface area contributed by atoms with Gasteiger partial charge in [0.15, 0.2) is 5.76 Å². The van der Waals surface area contributed by atoms with E-state index in [1.54, 1.807) is 36.8 Å². The van der Waals surface area contributed by atoms with Gasteiger partial charge in [-0.25, -0.2) is 4.98 Å². The van der Waals surface area contributed by atoms with Crippen molar-refractivity contribution in [2.45, 2.75) is 0 Å². The van der Waals surface area contributed by atoms with Crippen LogP contribution in [0.1, 0.15) is 0 Å². The molecule has 2 aromatic heterocycles. The molecule has 26 heavy (non-hydrogen) atoms. The van der Waals surface area contributed by atoms with Crippen molar-refractivity contribution in [2.24, 2.45) is 0 Å². The number of imidazole rings is 1. The van der Waals surface area contributed by atoms with Crippen LogP contribution in [0.15, 0.2) is 65.6 Å². The molecule has 0 amide bonds. The summed E-state index contributed by atoms with van der Waals surface area (Å²) < 4.78 is 7.99.